The Labute approximate surface area is 208 Å². The molecule has 4 nitrogen and oxygen atoms in total. The van der Waals surface area contributed by atoms with Crippen molar-refractivity contribution in [1.82, 2.24) is 0 Å². The molecular formula is C26H40BrClO4. The maximum Gasteiger partial charge on any atom is 0.233 e. The summed E-state index contributed by atoms with van der Waals surface area (Å²) in [7, 11) is 0. The van der Waals surface area contributed by atoms with Crippen molar-refractivity contribution < 1.29 is 18.9 Å². The predicted molar refractivity (Wildman–Crippen MR) is 133 cm³/mol. The molecule has 0 saturated carbocycles. The number of ether oxygens (including phenoxy) is 4. The fourth-order valence-corrected chi connectivity index (χ4v) is 6.02. The van der Waals surface area contributed by atoms with Crippen LogP contribution in [-0.4, -0.2) is 48.8 Å². The van der Waals surface area contributed by atoms with E-state index in [1.807, 2.05) is 0 Å². The standard InChI is InChI=1S/C26H40BrClO4/c1-6-22-8-9-23-25(31-22)20(5)19(4)24(32-23)17(2)10-12-26(29-14-7-15-30-26)13-11-21(28)16-18(3)27/h17,19-25H,3,6-9,11,13-16H2,1-2,4-5H3/t17-,19-,20+,21+,22-,23-,24-,25+/m0/s1. The van der Waals surface area contributed by atoms with Crippen LogP contribution in [0.4, 0.5) is 0 Å². The Balaban J connectivity index is 1.67. The Bertz CT molecular complexity index is 681. The highest BCUT2D eigenvalue weighted by Gasteiger charge is 2.46. The number of hydrogen-bond acceptors (Lipinski definition) is 4. The molecule has 0 N–H and O–H groups in total. The summed E-state index contributed by atoms with van der Waals surface area (Å²) in [6, 6.07) is 0. The number of alkyl halides is 1. The fraction of sp³-hybridized carbons (Fsp3) is 0.846. The van der Waals surface area contributed by atoms with Gasteiger partial charge >= 0.3 is 0 Å². The van der Waals surface area contributed by atoms with Gasteiger partial charge in [0.05, 0.1) is 37.6 Å². The first-order valence-corrected chi connectivity index (χ1v) is 13.6. The van der Waals surface area contributed by atoms with E-state index in [0.717, 1.165) is 43.0 Å². The molecule has 6 heteroatoms. The van der Waals surface area contributed by atoms with Crippen molar-refractivity contribution in [2.24, 2.45) is 17.8 Å². The summed E-state index contributed by atoms with van der Waals surface area (Å²) >= 11 is 9.88. The first-order valence-electron chi connectivity index (χ1n) is 12.3. The van der Waals surface area contributed by atoms with Crippen molar-refractivity contribution in [3.8, 4) is 11.8 Å². The highest BCUT2D eigenvalue weighted by Crippen LogP contribution is 2.41. The van der Waals surface area contributed by atoms with Crippen LogP contribution in [-0.2, 0) is 18.9 Å². The zero-order valence-electron chi connectivity index (χ0n) is 20.1. The monoisotopic (exact) mass is 530 g/mol. The molecule has 3 heterocycles. The minimum Gasteiger partial charge on any atom is -0.372 e. The van der Waals surface area contributed by atoms with Gasteiger partial charge in [-0.2, -0.15) is 0 Å². The highest BCUT2D eigenvalue weighted by atomic mass is 79.9. The van der Waals surface area contributed by atoms with E-state index in [-0.39, 0.29) is 29.6 Å². The van der Waals surface area contributed by atoms with Crippen LogP contribution in [0.3, 0.4) is 0 Å². The first kappa shape index (κ1) is 26.5. The number of hydrogen-bond donors (Lipinski definition) is 0. The summed E-state index contributed by atoms with van der Waals surface area (Å²) in [6.07, 6.45) is 7.06. The molecule has 0 spiro atoms. The molecule has 32 heavy (non-hydrogen) atoms. The van der Waals surface area contributed by atoms with Crippen molar-refractivity contribution in [2.75, 3.05) is 13.2 Å². The molecule has 8 atom stereocenters. The van der Waals surface area contributed by atoms with Gasteiger partial charge in [-0.3, -0.25) is 0 Å². The average Bonchev–Trinajstić information content (AvgIpc) is 2.78. The maximum atomic E-state index is 6.60. The van der Waals surface area contributed by atoms with Crippen molar-refractivity contribution in [2.45, 2.75) is 108 Å². The second kappa shape index (κ2) is 12.0. The third-order valence-corrected chi connectivity index (χ3v) is 8.01. The molecule has 0 aromatic rings. The van der Waals surface area contributed by atoms with Gasteiger partial charge in [-0.15, -0.1) is 11.6 Å². The molecule has 3 fully saturated rings. The predicted octanol–water partition coefficient (Wildman–Crippen LogP) is 6.44. The van der Waals surface area contributed by atoms with Crippen LogP contribution < -0.4 is 0 Å². The Hall–Kier alpha value is -0.0900. The molecule has 0 aromatic carbocycles. The van der Waals surface area contributed by atoms with Gasteiger partial charge in [0.25, 0.3) is 0 Å². The van der Waals surface area contributed by atoms with E-state index >= 15 is 0 Å². The Morgan fingerprint density at radius 3 is 2.56 bits per heavy atom. The highest BCUT2D eigenvalue weighted by molar-refractivity contribution is 9.11. The van der Waals surface area contributed by atoms with Crippen molar-refractivity contribution >= 4 is 27.5 Å². The summed E-state index contributed by atoms with van der Waals surface area (Å²) in [4.78, 5) is 0. The van der Waals surface area contributed by atoms with Gasteiger partial charge in [-0.1, -0.05) is 49.2 Å². The van der Waals surface area contributed by atoms with Crippen LogP contribution in [0.15, 0.2) is 11.1 Å². The van der Waals surface area contributed by atoms with Gasteiger partial charge in [-0.25, -0.2) is 0 Å². The summed E-state index contributed by atoms with van der Waals surface area (Å²) in [5.41, 5.74) is 0. The minimum absolute atomic E-state index is 0.0233. The Kier molecular flexibility index (Phi) is 9.98. The second-order valence-corrected chi connectivity index (χ2v) is 11.5. The zero-order chi connectivity index (χ0) is 23.3. The molecule has 182 valence electrons. The van der Waals surface area contributed by atoms with Gasteiger partial charge in [-0.05, 0) is 67.7 Å². The van der Waals surface area contributed by atoms with Gasteiger partial charge in [0.15, 0.2) is 0 Å². The lowest BCUT2D eigenvalue weighted by Gasteiger charge is -2.49. The lowest BCUT2D eigenvalue weighted by molar-refractivity contribution is -0.234. The smallest absolute Gasteiger partial charge is 0.233 e. The van der Waals surface area contributed by atoms with Gasteiger partial charge in [0.1, 0.15) is 0 Å². The van der Waals surface area contributed by atoms with Crippen molar-refractivity contribution in [3.63, 3.8) is 0 Å². The van der Waals surface area contributed by atoms with E-state index in [2.05, 4.69) is 62.0 Å². The van der Waals surface area contributed by atoms with Crippen LogP contribution in [0.5, 0.6) is 0 Å². The molecule has 0 radical (unpaired) electrons. The molecule has 3 aliphatic heterocycles. The Morgan fingerprint density at radius 1 is 1.19 bits per heavy atom. The van der Waals surface area contributed by atoms with Crippen LogP contribution in [0.25, 0.3) is 0 Å². The number of fused-ring (bicyclic) bond motifs is 1. The van der Waals surface area contributed by atoms with Crippen LogP contribution in [0, 0.1) is 29.6 Å². The SMILES string of the molecule is C=C(Br)C[C@H](Cl)CCC1(C#C[C@H](C)[C@@H]2O[C@H]3CC[C@H](CC)O[C@@H]3[C@H](C)[C@@H]2C)OCCCO1. The van der Waals surface area contributed by atoms with Gasteiger partial charge in [0, 0.05) is 17.7 Å². The van der Waals surface area contributed by atoms with Crippen LogP contribution >= 0.6 is 27.5 Å². The molecule has 3 saturated heterocycles. The minimum atomic E-state index is -0.873. The molecule has 0 unspecified atom stereocenters. The maximum absolute atomic E-state index is 6.60. The van der Waals surface area contributed by atoms with E-state index in [1.165, 1.54) is 0 Å². The van der Waals surface area contributed by atoms with E-state index < -0.39 is 5.79 Å². The average molecular weight is 532 g/mol. The van der Waals surface area contributed by atoms with Crippen molar-refractivity contribution in [3.05, 3.63) is 11.1 Å². The summed E-state index contributed by atoms with van der Waals surface area (Å²) in [5.74, 6) is 6.85. The normalized spacial score (nSPS) is 36.3. The van der Waals surface area contributed by atoms with E-state index in [9.17, 15) is 0 Å². The number of allylic oxidation sites excluding steroid dienone is 1. The fourth-order valence-electron chi connectivity index (χ4n) is 5.15. The topological polar surface area (TPSA) is 36.9 Å². The lowest BCUT2D eigenvalue weighted by Crippen LogP contribution is -2.55. The van der Waals surface area contributed by atoms with E-state index in [0.29, 0.717) is 37.6 Å². The number of halogens is 2. The Morgan fingerprint density at radius 2 is 1.91 bits per heavy atom. The van der Waals surface area contributed by atoms with Crippen LogP contribution in [0.2, 0.25) is 0 Å². The molecule has 0 aromatic heterocycles. The van der Waals surface area contributed by atoms with Crippen molar-refractivity contribution in [1.29, 1.82) is 0 Å². The van der Waals surface area contributed by atoms with Gasteiger partial charge < -0.3 is 18.9 Å². The second-order valence-electron chi connectivity index (χ2n) is 9.78. The zero-order valence-corrected chi connectivity index (χ0v) is 22.4. The van der Waals surface area contributed by atoms with Crippen LogP contribution in [0.1, 0.15) is 72.6 Å². The largest absolute Gasteiger partial charge is 0.372 e. The third-order valence-electron chi connectivity index (χ3n) is 7.31. The third kappa shape index (κ3) is 6.74. The molecular weight excluding hydrogens is 492 g/mol. The molecule has 3 aliphatic rings. The van der Waals surface area contributed by atoms with E-state index in [1.54, 1.807) is 0 Å². The molecule has 0 bridgehead atoms. The van der Waals surface area contributed by atoms with Gasteiger partial charge in [0.2, 0.25) is 5.79 Å². The molecule has 0 amide bonds. The molecule has 3 rings (SSSR count). The summed E-state index contributed by atoms with van der Waals surface area (Å²) < 4.78 is 26.0. The quantitative estimate of drug-likeness (QED) is 0.280. The molecule has 0 aliphatic carbocycles. The summed E-state index contributed by atoms with van der Waals surface area (Å²) in [5, 5.41) is -0.0233. The first-order chi connectivity index (χ1) is 15.2. The lowest BCUT2D eigenvalue weighted by atomic mass is 9.75. The summed E-state index contributed by atoms with van der Waals surface area (Å²) in [6.45, 7) is 14.2. The number of rotatable bonds is 7. The van der Waals surface area contributed by atoms with E-state index in [4.69, 9.17) is 30.5 Å².